The monoisotopic (exact) mass is 340 g/mol. The molecule has 1 saturated carbocycles. The van der Waals surface area contributed by atoms with Crippen LogP contribution < -0.4 is 0 Å². The number of benzene rings is 1. The van der Waals surface area contributed by atoms with E-state index in [-0.39, 0.29) is 11.3 Å². The fraction of sp³-hybridized carbons (Fsp3) is 0.619. The Labute approximate surface area is 150 Å². The van der Waals surface area contributed by atoms with Crippen molar-refractivity contribution >= 4 is 11.8 Å². The average Bonchev–Trinajstić information content (AvgIpc) is 3.40. The van der Waals surface area contributed by atoms with Crippen LogP contribution in [0.1, 0.15) is 44.1 Å². The molecule has 4 nitrogen and oxygen atoms in total. The molecule has 25 heavy (non-hydrogen) atoms. The van der Waals surface area contributed by atoms with Gasteiger partial charge in [0.15, 0.2) is 0 Å². The molecule has 3 fully saturated rings. The summed E-state index contributed by atoms with van der Waals surface area (Å²) in [6.07, 6.45) is 7.00. The molecule has 1 spiro atoms. The van der Waals surface area contributed by atoms with Crippen molar-refractivity contribution in [2.45, 2.75) is 44.9 Å². The van der Waals surface area contributed by atoms with Gasteiger partial charge in [0.25, 0.3) is 0 Å². The zero-order valence-corrected chi connectivity index (χ0v) is 15.0. The maximum absolute atomic E-state index is 13.1. The molecular weight excluding hydrogens is 312 g/mol. The highest BCUT2D eigenvalue weighted by Crippen LogP contribution is 2.42. The van der Waals surface area contributed by atoms with Crippen LogP contribution in [0.4, 0.5) is 0 Å². The van der Waals surface area contributed by atoms with Gasteiger partial charge in [0.05, 0.1) is 5.41 Å². The van der Waals surface area contributed by atoms with Crippen molar-refractivity contribution in [1.82, 2.24) is 9.80 Å². The van der Waals surface area contributed by atoms with E-state index < -0.39 is 0 Å². The molecule has 4 rings (SSSR count). The van der Waals surface area contributed by atoms with Crippen LogP contribution in [0.2, 0.25) is 0 Å². The summed E-state index contributed by atoms with van der Waals surface area (Å²) in [5, 5.41) is 0. The van der Waals surface area contributed by atoms with Crippen LogP contribution in [0, 0.1) is 11.3 Å². The Balaban J connectivity index is 1.33. The molecule has 0 unspecified atom stereocenters. The molecule has 1 atom stereocenters. The Morgan fingerprint density at radius 2 is 1.92 bits per heavy atom. The highest BCUT2D eigenvalue weighted by molar-refractivity contribution is 5.87. The Morgan fingerprint density at radius 1 is 1.12 bits per heavy atom. The molecule has 2 heterocycles. The number of amides is 2. The van der Waals surface area contributed by atoms with Crippen molar-refractivity contribution in [3.8, 4) is 0 Å². The quantitative estimate of drug-likeness (QED) is 0.827. The third kappa shape index (κ3) is 3.44. The summed E-state index contributed by atoms with van der Waals surface area (Å²) in [6.45, 7) is 3.16. The third-order valence-corrected chi connectivity index (χ3v) is 6.15. The summed E-state index contributed by atoms with van der Waals surface area (Å²) < 4.78 is 0. The number of carbonyl (C=O) groups is 2. The van der Waals surface area contributed by atoms with Gasteiger partial charge in [-0.1, -0.05) is 30.3 Å². The van der Waals surface area contributed by atoms with Crippen LogP contribution in [-0.2, 0) is 16.0 Å². The number of rotatable bonds is 5. The summed E-state index contributed by atoms with van der Waals surface area (Å²) in [5.41, 5.74) is 1.05. The van der Waals surface area contributed by atoms with Crippen LogP contribution in [0.5, 0.6) is 0 Å². The van der Waals surface area contributed by atoms with E-state index in [1.165, 1.54) is 5.56 Å². The number of aryl methyl sites for hydroxylation is 1. The van der Waals surface area contributed by atoms with Gasteiger partial charge in [-0.3, -0.25) is 9.59 Å². The minimum absolute atomic E-state index is 0.260. The number of likely N-dealkylation sites (tertiary alicyclic amines) is 2. The van der Waals surface area contributed by atoms with Gasteiger partial charge in [0.1, 0.15) is 0 Å². The first kappa shape index (κ1) is 16.6. The summed E-state index contributed by atoms with van der Waals surface area (Å²) in [7, 11) is 0. The normalized spacial score (nSPS) is 26.5. The molecule has 3 aliphatic rings. The van der Waals surface area contributed by atoms with Crippen LogP contribution in [0.25, 0.3) is 0 Å². The SMILES string of the molecule is O=C(C1CC1)N1CC[C@@]2(CCCN(CCCc3ccccc3)C2=O)C1. The Kier molecular flexibility index (Phi) is 4.53. The number of piperidine rings is 1. The Bertz CT molecular complexity index is 641. The average molecular weight is 340 g/mol. The van der Waals surface area contributed by atoms with Crippen molar-refractivity contribution in [3.05, 3.63) is 35.9 Å². The molecule has 2 aliphatic heterocycles. The fourth-order valence-electron chi connectivity index (χ4n) is 4.51. The van der Waals surface area contributed by atoms with E-state index in [1.54, 1.807) is 0 Å². The second-order valence-electron chi connectivity index (χ2n) is 8.05. The van der Waals surface area contributed by atoms with Gasteiger partial charge in [-0.15, -0.1) is 0 Å². The second-order valence-corrected chi connectivity index (χ2v) is 8.05. The first-order valence-corrected chi connectivity index (χ1v) is 9.80. The number of carbonyl (C=O) groups excluding carboxylic acids is 2. The molecule has 0 bridgehead atoms. The predicted octanol–water partition coefficient (Wildman–Crippen LogP) is 2.87. The molecular formula is C21H28N2O2. The van der Waals surface area contributed by atoms with Crippen LogP contribution in [-0.4, -0.2) is 47.8 Å². The first-order chi connectivity index (χ1) is 12.2. The summed E-state index contributed by atoms with van der Waals surface area (Å²) in [6, 6.07) is 10.5. The number of hydrogen-bond donors (Lipinski definition) is 0. The van der Waals surface area contributed by atoms with E-state index in [2.05, 4.69) is 29.2 Å². The molecule has 0 radical (unpaired) electrons. The minimum Gasteiger partial charge on any atom is -0.342 e. The van der Waals surface area contributed by atoms with Crippen molar-refractivity contribution in [2.75, 3.05) is 26.2 Å². The standard InChI is InChI=1S/C21H28N2O2/c24-19(18-9-10-18)23-15-12-21(16-23)11-5-14-22(20(21)25)13-4-8-17-6-2-1-3-7-17/h1-3,6-7,18H,4-5,8-16H2/t21-/m0/s1. The fourth-order valence-corrected chi connectivity index (χ4v) is 4.51. The van der Waals surface area contributed by atoms with E-state index in [4.69, 9.17) is 0 Å². The zero-order chi connectivity index (χ0) is 17.3. The lowest BCUT2D eigenvalue weighted by molar-refractivity contribution is -0.146. The molecule has 134 valence electrons. The molecule has 2 amide bonds. The molecule has 1 aromatic carbocycles. The molecule has 4 heteroatoms. The molecule has 1 aromatic rings. The van der Waals surface area contributed by atoms with Crippen LogP contribution >= 0.6 is 0 Å². The van der Waals surface area contributed by atoms with E-state index in [1.807, 2.05) is 11.0 Å². The Morgan fingerprint density at radius 3 is 2.68 bits per heavy atom. The zero-order valence-electron chi connectivity index (χ0n) is 15.0. The summed E-state index contributed by atoms with van der Waals surface area (Å²) >= 11 is 0. The van der Waals surface area contributed by atoms with E-state index >= 15 is 0 Å². The number of nitrogens with zero attached hydrogens (tertiary/aromatic N) is 2. The maximum atomic E-state index is 13.1. The Hall–Kier alpha value is -1.84. The van der Waals surface area contributed by atoms with Crippen molar-refractivity contribution in [3.63, 3.8) is 0 Å². The van der Waals surface area contributed by atoms with Gasteiger partial charge in [0, 0.05) is 32.1 Å². The van der Waals surface area contributed by atoms with Crippen LogP contribution in [0.3, 0.4) is 0 Å². The van der Waals surface area contributed by atoms with Crippen molar-refractivity contribution in [2.24, 2.45) is 11.3 Å². The molecule has 0 aromatic heterocycles. The van der Waals surface area contributed by atoms with Crippen LogP contribution in [0.15, 0.2) is 30.3 Å². The minimum atomic E-state index is -0.282. The molecule has 2 saturated heterocycles. The van der Waals surface area contributed by atoms with Gasteiger partial charge in [-0.05, 0) is 50.5 Å². The predicted molar refractivity (Wildman–Crippen MR) is 96.9 cm³/mol. The van der Waals surface area contributed by atoms with Gasteiger partial charge < -0.3 is 9.80 Å². The highest BCUT2D eigenvalue weighted by atomic mass is 16.2. The maximum Gasteiger partial charge on any atom is 0.230 e. The van der Waals surface area contributed by atoms with Gasteiger partial charge in [0.2, 0.25) is 11.8 Å². The largest absolute Gasteiger partial charge is 0.342 e. The van der Waals surface area contributed by atoms with E-state index in [0.29, 0.717) is 18.4 Å². The lowest BCUT2D eigenvalue weighted by atomic mass is 9.78. The summed E-state index contributed by atoms with van der Waals surface area (Å²) in [5.74, 6) is 0.861. The van der Waals surface area contributed by atoms with E-state index in [9.17, 15) is 9.59 Å². The van der Waals surface area contributed by atoms with Crippen molar-refractivity contribution < 1.29 is 9.59 Å². The van der Waals surface area contributed by atoms with Gasteiger partial charge in [-0.25, -0.2) is 0 Å². The topological polar surface area (TPSA) is 40.6 Å². The third-order valence-electron chi connectivity index (χ3n) is 6.15. The molecule has 1 aliphatic carbocycles. The first-order valence-electron chi connectivity index (χ1n) is 9.80. The summed E-state index contributed by atoms with van der Waals surface area (Å²) in [4.78, 5) is 29.5. The van der Waals surface area contributed by atoms with Gasteiger partial charge in [-0.2, -0.15) is 0 Å². The smallest absolute Gasteiger partial charge is 0.230 e. The van der Waals surface area contributed by atoms with Crippen molar-refractivity contribution in [1.29, 1.82) is 0 Å². The highest BCUT2D eigenvalue weighted by Gasteiger charge is 2.50. The van der Waals surface area contributed by atoms with Gasteiger partial charge >= 0.3 is 0 Å². The lowest BCUT2D eigenvalue weighted by Crippen LogP contribution is -2.50. The second kappa shape index (κ2) is 6.81. The lowest BCUT2D eigenvalue weighted by Gasteiger charge is -2.39. The molecule has 0 N–H and O–H groups in total. The van der Waals surface area contributed by atoms with E-state index in [0.717, 1.165) is 64.6 Å². The number of hydrogen-bond acceptors (Lipinski definition) is 2.